The number of nitrogens with zero attached hydrogens (tertiary/aromatic N) is 4. The SMILES string of the molecule is COC(=O)Cc1csc(NC(=O)CSc2nncn2-c2ccccc2OC)n1. The highest BCUT2D eigenvalue weighted by Gasteiger charge is 2.14. The molecule has 28 heavy (non-hydrogen) atoms. The van der Waals surface area contributed by atoms with E-state index in [9.17, 15) is 9.59 Å². The third-order valence-electron chi connectivity index (χ3n) is 3.54. The van der Waals surface area contributed by atoms with E-state index in [-0.39, 0.29) is 24.1 Å². The molecule has 1 N–H and O–H groups in total. The van der Waals surface area contributed by atoms with Gasteiger partial charge in [-0.1, -0.05) is 23.9 Å². The van der Waals surface area contributed by atoms with E-state index >= 15 is 0 Å². The van der Waals surface area contributed by atoms with Crippen molar-refractivity contribution >= 4 is 40.1 Å². The standard InChI is InChI=1S/C17H17N5O4S2/c1-25-13-6-4-3-5-12(13)22-10-18-21-17(22)28-9-14(23)20-16-19-11(8-27-16)7-15(24)26-2/h3-6,8,10H,7,9H2,1-2H3,(H,19,20,23). The summed E-state index contributed by atoms with van der Waals surface area (Å²) in [7, 11) is 2.91. The van der Waals surface area contributed by atoms with Gasteiger partial charge in [0, 0.05) is 5.38 Å². The van der Waals surface area contributed by atoms with Crippen molar-refractivity contribution in [2.75, 3.05) is 25.3 Å². The van der Waals surface area contributed by atoms with Gasteiger partial charge in [0.15, 0.2) is 10.3 Å². The summed E-state index contributed by atoms with van der Waals surface area (Å²) in [4.78, 5) is 27.7. The first-order valence-electron chi connectivity index (χ1n) is 8.08. The highest BCUT2D eigenvalue weighted by Crippen LogP contribution is 2.26. The number of thioether (sulfide) groups is 1. The van der Waals surface area contributed by atoms with Crippen molar-refractivity contribution in [1.29, 1.82) is 0 Å². The van der Waals surface area contributed by atoms with Crippen LogP contribution in [-0.4, -0.2) is 51.6 Å². The predicted octanol–water partition coefficient (Wildman–Crippen LogP) is 2.18. The summed E-state index contributed by atoms with van der Waals surface area (Å²) >= 11 is 2.49. The van der Waals surface area contributed by atoms with Crippen molar-refractivity contribution in [1.82, 2.24) is 19.7 Å². The van der Waals surface area contributed by atoms with Crippen LogP contribution in [0.15, 0.2) is 41.1 Å². The molecule has 0 spiro atoms. The van der Waals surface area contributed by atoms with Crippen molar-refractivity contribution in [3.63, 3.8) is 0 Å². The van der Waals surface area contributed by atoms with E-state index < -0.39 is 0 Å². The summed E-state index contributed by atoms with van der Waals surface area (Å²) in [5.74, 6) is 0.183. The second-order valence-corrected chi connectivity index (χ2v) is 7.19. The lowest BCUT2D eigenvalue weighted by Gasteiger charge is -2.10. The normalized spacial score (nSPS) is 10.5. The predicted molar refractivity (Wildman–Crippen MR) is 105 cm³/mol. The van der Waals surface area contributed by atoms with Crippen molar-refractivity contribution < 1.29 is 19.1 Å². The van der Waals surface area contributed by atoms with Crippen LogP contribution in [-0.2, 0) is 20.7 Å². The molecule has 0 saturated heterocycles. The number of thiazole rings is 1. The molecule has 0 radical (unpaired) electrons. The lowest BCUT2D eigenvalue weighted by molar-refractivity contribution is -0.139. The minimum Gasteiger partial charge on any atom is -0.495 e. The molecule has 0 saturated carbocycles. The van der Waals surface area contributed by atoms with Gasteiger partial charge in [-0.3, -0.25) is 14.2 Å². The van der Waals surface area contributed by atoms with E-state index in [0.29, 0.717) is 21.7 Å². The van der Waals surface area contributed by atoms with Crippen LogP contribution >= 0.6 is 23.1 Å². The molecule has 1 amide bonds. The van der Waals surface area contributed by atoms with Crippen molar-refractivity contribution in [2.24, 2.45) is 0 Å². The molecule has 2 aromatic heterocycles. The van der Waals surface area contributed by atoms with Gasteiger partial charge in [0.25, 0.3) is 0 Å². The van der Waals surface area contributed by atoms with Crippen LogP contribution in [0, 0.1) is 0 Å². The van der Waals surface area contributed by atoms with E-state index in [2.05, 4.69) is 25.2 Å². The molecule has 3 rings (SSSR count). The Morgan fingerprint density at radius 3 is 2.89 bits per heavy atom. The van der Waals surface area contributed by atoms with Gasteiger partial charge in [-0.2, -0.15) is 0 Å². The quantitative estimate of drug-likeness (QED) is 0.437. The molecule has 1 aromatic carbocycles. The second-order valence-electron chi connectivity index (χ2n) is 5.39. The average molecular weight is 419 g/mol. The van der Waals surface area contributed by atoms with Crippen LogP contribution in [0.3, 0.4) is 0 Å². The van der Waals surface area contributed by atoms with Crippen molar-refractivity contribution in [3.8, 4) is 11.4 Å². The van der Waals surface area contributed by atoms with E-state index in [1.54, 1.807) is 23.4 Å². The molecule has 0 aliphatic rings. The van der Waals surface area contributed by atoms with Gasteiger partial charge in [0.1, 0.15) is 12.1 Å². The lowest BCUT2D eigenvalue weighted by atomic mass is 10.3. The number of hydrogen-bond donors (Lipinski definition) is 1. The molecular weight excluding hydrogens is 402 g/mol. The summed E-state index contributed by atoms with van der Waals surface area (Å²) in [6.07, 6.45) is 1.64. The number of rotatable bonds is 8. The maximum atomic E-state index is 12.2. The van der Waals surface area contributed by atoms with Gasteiger partial charge < -0.3 is 14.8 Å². The summed E-state index contributed by atoms with van der Waals surface area (Å²) in [5.41, 5.74) is 1.33. The Balaban J connectivity index is 1.60. The van der Waals surface area contributed by atoms with Gasteiger partial charge in [0.2, 0.25) is 5.91 Å². The molecule has 2 heterocycles. The van der Waals surface area contributed by atoms with Crippen LogP contribution in [0.25, 0.3) is 5.69 Å². The van der Waals surface area contributed by atoms with Gasteiger partial charge in [-0.05, 0) is 12.1 Å². The fraction of sp³-hybridized carbons (Fsp3) is 0.235. The molecule has 9 nitrogen and oxygen atoms in total. The topological polar surface area (TPSA) is 108 Å². The van der Waals surface area contributed by atoms with Crippen LogP contribution in [0.5, 0.6) is 5.75 Å². The number of carbonyl (C=O) groups is 2. The zero-order chi connectivity index (χ0) is 19.9. The first kappa shape index (κ1) is 19.8. The van der Waals surface area contributed by atoms with E-state index in [4.69, 9.17) is 4.74 Å². The first-order chi connectivity index (χ1) is 13.6. The monoisotopic (exact) mass is 419 g/mol. The summed E-state index contributed by atoms with van der Waals surface area (Å²) in [6, 6.07) is 7.47. The maximum Gasteiger partial charge on any atom is 0.311 e. The summed E-state index contributed by atoms with van der Waals surface area (Å²) in [5, 5.41) is 13.4. The molecule has 3 aromatic rings. The Bertz CT molecular complexity index is 972. The number of amides is 1. The molecule has 0 aliphatic heterocycles. The molecule has 0 unspecified atom stereocenters. The Labute approximate surface area is 169 Å². The average Bonchev–Trinajstić information content (AvgIpc) is 3.35. The fourth-order valence-electron chi connectivity index (χ4n) is 2.27. The maximum absolute atomic E-state index is 12.2. The number of anilines is 1. The Hall–Kier alpha value is -2.92. The van der Waals surface area contributed by atoms with Gasteiger partial charge in [-0.15, -0.1) is 21.5 Å². The number of hydrogen-bond acceptors (Lipinski definition) is 9. The molecule has 0 atom stereocenters. The number of aromatic nitrogens is 4. The molecular formula is C17H17N5O4S2. The van der Waals surface area contributed by atoms with Crippen molar-refractivity contribution in [3.05, 3.63) is 41.7 Å². The van der Waals surface area contributed by atoms with E-state index in [1.807, 2.05) is 24.3 Å². The molecule has 0 fully saturated rings. The number of carbonyl (C=O) groups excluding carboxylic acids is 2. The van der Waals surface area contributed by atoms with Gasteiger partial charge in [0.05, 0.1) is 37.8 Å². The third-order valence-corrected chi connectivity index (χ3v) is 5.29. The van der Waals surface area contributed by atoms with Crippen LogP contribution in [0.4, 0.5) is 5.13 Å². The highest BCUT2D eigenvalue weighted by molar-refractivity contribution is 7.99. The second kappa shape index (κ2) is 9.33. The first-order valence-corrected chi connectivity index (χ1v) is 9.94. The fourth-order valence-corrected chi connectivity index (χ4v) is 3.72. The Kier molecular flexibility index (Phi) is 6.61. The number of esters is 1. The minimum atomic E-state index is -0.380. The molecule has 11 heteroatoms. The van der Waals surface area contributed by atoms with Crippen molar-refractivity contribution in [2.45, 2.75) is 11.6 Å². The Morgan fingerprint density at radius 1 is 1.29 bits per heavy atom. The molecule has 0 aliphatic carbocycles. The molecule has 146 valence electrons. The lowest BCUT2D eigenvalue weighted by Crippen LogP contribution is -2.14. The smallest absolute Gasteiger partial charge is 0.311 e. The van der Waals surface area contributed by atoms with Gasteiger partial charge >= 0.3 is 5.97 Å². The summed E-state index contributed by atoms with van der Waals surface area (Å²) in [6.45, 7) is 0. The largest absolute Gasteiger partial charge is 0.495 e. The van der Waals surface area contributed by atoms with E-state index in [1.165, 1.54) is 30.2 Å². The van der Waals surface area contributed by atoms with Crippen LogP contribution in [0.1, 0.15) is 5.69 Å². The zero-order valence-electron chi connectivity index (χ0n) is 15.1. The number of ether oxygens (including phenoxy) is 2. The van der Waals surface area contributed by atoms with Gasteiger partial charge in [-0.25, -0.2) is 4.98 Å². The Morgan fingerprint density at radius 2 is 2.11 bits per heavy atom. The van der Waals surface area contributed by atoms with E-state index in [0.717, 1.165) is 5.69 Å². The number of para-hydroxylation sites is 2. The zero-order valence-corrected chi connectivity index (χ0v) is 16.7. The molecule has 0 bridgehead atoms. The highest BCUT2D eigenvalue weighted by atomic mass is 32.2. The van der Waals surface area contributed by atoms with Crippen LogP contribution in [0.2, 0.25) is 0 Å². The minimum absolute atomic E-state index is 0.0691. The number of nitrogens with one attached hydrogen (secondary N) is 1. The summed E-state index contributed by atoms with van der Waals surface area (Å²) < 4.78 is 11.7. The number of benzene rings is 1. The van der Waals surface area contributed by atoms with Crippen LogP contribution < -0.4 is 10.1 Å². The number of methoxy groups -OCH3 is 2. The third kappa shape index (κ3) is 4.87.